The Hall–Kier alpha value is -2.10. The lowest BCUT2D eigenvalue weighted by atomic mass is 10.0. The van der Waals surface area contributed by atoms with Gasteiger partial charge in [0.1, 0.15) is 0 Å². The highest BCUT2D eigenvalue weighted by molar-refractivity contribution is 8.86. The van der Waals surface area contributed by atoms with Gasteiger partial charge in [0.15, 0.2) is 0 Å². The first kappa shape index (κ1) is 52.3. The van der Waals surface area contributed by atoms with Crippen molar-refractivity contribution in [3.05, 3.63) is 190 Å². The van der Waals surface area contributed by atoms with Gasteiger partial charge in [-0.25, -0.2) is 0 Å². The van der Waals surface area contributed by atoms with Crippen LogP contribution in [0.5, 0.6) is 0 Å². The molecule has 6 aromatic carbocycles. The molecule has 0 saturated carbocycles. The van der Waals surface area contributed by atoms with Gasteiger partial charge in [-0.15, -0.1) is 70.6 Å². The first-order chi connectivity index (χ1) is 35.0. The van der Waals surface area contributed by atoms with Crippen LogP contribution in [0.2, 0.25) is 0 Å². The molecule has 2 aromatic heterocycles. The number of hydrogen-bond acceptors (Lipinski definition) is 10. The second kappa shape index (κ2) is 26.6. The van der Waals surface area contributed by atoms with Crippen LogP contribution in [0.25, 0.3) is 44.1 Å². The number of rotatable bonds is 28. The molecular weight excluding hydrogens is 1060 g/mol. The van der Waals surface area contributed by atoms with E-state index in [0.29, 0.717) is 18.3 Å². The van der Waals surface area contributed by atoms with Gasteiger partial charge in [0, 0.05) is 45.4 Å². The lowest BCUT2D eigenvalue weighted by Gasteiger charge is -2.23. The highest BCUT2D eigenvalue weighted by atomic mass is 33.1. The molecular formula is C59H62N2S10. The van der Waals surface area contributed by atoms with E-state index in [4.69, 9.17) is 0 Å². The molecule has 2 aliphatic rings. The van der Waals surface area contributed by atoms with Crippen LogP contribution in [-0.2, 0) is 35.9 Å². The van der Waals surface area contributed by atoms with Crippen molar-refractivity contribution in [3.8, 4) is 22.3 Å². The third-order valence-electron chi connectivity index (χ3n) is 13.0. The number of para-hydroxylation sites is 2. The Labute approximate surface area is 463 Å². The number of aromatic nitrogens is 2. The van der Waals surface area contributed by atoms with Crippen LogP contribution >= 0.6 is 114 Å². The standard InChI is InChI=1S/C59H62N2S10/c1-3-13-56(62-34-40-23-25-44-29-42-15-5-9-19-50(42)52(44)27-40)66-38-68-70-59(71-69-39-67-57(14-4-2)63-35-41-24-26-45-30-43-16-6-10-20-51(43)53(45)28-41)33-58(64-36-48-31-46-17-7-11-21-54(46)60-48)65-37-49-32-47-18-8-12-22-55(47)61-49/h5-12,15-28,31-32,56-61H,3-4,13-14,29-30,33-39H2,1-2H3. The molecule has 2 atom stereocenters. The molecule has 2 unspecified atom stereocenters. The van der Waals surface area contributed by atoms with Crippen LogP contribution in [0.3, 0.4) is 0 Å². The van der Waals surface area contributed by atoms with Crippen molar-refractivity contribution in [2.45, 2.75) is 100 Å². The van der Waals surface area contributed by atoms with E-state index in [9.17, 15) is 0 Å². The van der Waals surface area contributed by atoms with Crippen molar-refractivity contribution in [2.75, 3.05) is 10.2 Å². The van der Waals surface area contributed by atoms with Gasteiger partial charge < -0.3 is 9.97 Å². The first-order valence-corrected chi connectivity index (χ1v) is 35.9. The Morgan fingerprint density at radius 1 is 0.408 bits per heavy atom. The van der Waals surface area contributed by atoms with Gasteiger partial charge in [-0.1, -0.05) is 191 Å². The summed E-state index contributed by atoms with van der Waals surface area (Å²) in [4.78, 5) is 7.46. The van der Waals surface area contributed by atoms with E-state index < -0.39 is 0 Å². The zero-order chi connectivity index (χ0) is 48.2. The summed E-state index contributed by atoms with van der Waals surface area (Å²) in [5, 5.41) is 4.81. The highest BCUT2D eigenvalue weighted by Crippen LogP contribution is 2.49. The molecule has 2 N–H and O–H groups in total. The Morgan fingerprint density at radius 3 is 1.32 bits per heavy atom. The average Bonchev–Trinajstić information content (AvgIpc) is 4.20. The third kappa shape index (κ3) is 14.2. The predicted octanol–water partition coefficient (Wildman–Crippen LogP) is 20.3. The quantitative estimate of drug-likeness (QED) is 0.0281. The van der Waals surface area contributed by atoms with E-state index in [1.807, 2.05) is 0 Å². The summed E-state index contributed by atoms with van der Waals surface area (Å²) < 4.78 is 2.11. The molecule has 10 rings (SSSR count). The molecule has 0 amide bonds. The van der Waals surface area contributed by atoms with E-state index in [1.54, 1.807) is 0 Å². The summed E-state index contributed by atoms with van der Waals surface area (Å²) in [5.74, 6) is 4.10. The van der Waals surface area contributed by atoms with Crippen LogP contribution < -0.4 is 0 Å². The van der Waals surface area contributed by atoms with E-state index in [2.05, 4.69) is 283 Å². The minimum absolute atomic E-state index is 0.449. The summed E-state index contributed by atoms with van der Waals surface area (Å²) in [6.07, 6.45) is 8.20. The second-order valence-corrected chi connectivity index (χ2v) is 32.4. The molecule has 0 bridgehead atoms. The topological polar surface area (TPSA) is 31.6 Å². The van der Waals surface area contributed by atoms with E-state index in [1.165, 1.54) is 115 Å². The number of hydrogen-bond donors (Lipinski definition) is 2. The van der Waals surface area contributed by atoms with Gasteiger partial charge in [0.05, 0.1) is 28.5 Å². The summed E-state index contributed by atoms with van der Waals surface area (Å²) in [6.45, 7) is 4.70. The summed E-state index contributed by atoms with van der Waals surface area (Å²) in [6, 6.07) is 54.5. The molecule has 2 aliphatic carbocycles. The number of nitrogens with one attached hydrogen (secondary N) is 2. The zero-order valence-electron chi connectivity index (χ0n) is 40.4. The molecule has 0 aliphatic heterocycles. The number of fused-ring (bicyclic) bond motifs is 8. The van der Waals surface area contributed by atoms with Crippen LogP contribution in [-0.4, -0.2) is 38.5 Å². The van der Waals surface area contributed by atoms with Crippen molar-refractivity contribution in [1.82, 2.24) is 9.97 Å². The number of benzene rings is 6. The molecule has 12 heteroatoms. The minimum Gasteiger partial charge on any atom is -0.358 e. The lowest BCUT2D eigenvalue weighted by molar-refractivity contribution is 0.870. The SMILES string of the molecule is CCCC(SCSSC(CC(SCc1cc2ccccc2[nH]1)SCc1cc2ccccc2[nH]1)SSCSC(CCC)SCc1ccc2c(c1)-c1ccccc1C2)SCc1ccc2c(c1)-c1ccccc1C2. The Kier molecular flexibility index (Phi) is 19.6. The predicted molar refractivity (Wildman–Crippen MR) is 336 cm³/mol. The zero-order valence-corrected chi connectivity index (χ0v) is 48.6. The van der Waals surface area contributed by atoms with Gasteiger partial charge >= 0.3 is 0 Å². The summed E-state index contributed by atoms with van der Waals surface area (Å²) in [7, 11) is 8.46. The van der Waals surface area contributed by atoms with Crippen molar-refractivity contribution in [3.63, 3.8) is 0 Å². The van der Waals surface area contributed by atoms with Gasteiger partial charge in [0.2, 0.25) is 0 Å². The molecule has 2 heterocycles. The fourth-order valence-corrected chi connectivity index (χ4v) is 25.9. The number of thioether (sulfide) groups is 6. The van der Waals surface area contributed by atoms with E-state index in [0.717, 1.165) is 52.4 Å². The fourth-order valence-electron chi connectivity index (χ4n) is 9.44. The third-order valence-corrected chi connectivity index (χ3v) is 29.2. The van der Waals surface area contributed by atoms with Crippen molar-refractivity contribution >= 4 is 136 Å². The maximum atomic E-state index is 3.73. The Balaban J connectivity index is 0.779. The van der Waals surface area contributed by atoms with Crippen molar-refractivity contribution in [2.24, 2.45) is 0 Å². The molecule has 0 saturated heterocycles. The second-order valence-electron chi connectivity index (χ2n) is 18.2. The Morgan fingerprint density at radius 2 is 0.845 bits per heavy atom. The van der Waals surface area contributed by atoms with Gasteiger partial charge in [-0.3, -0.25) is 0 Å². The van der Waals surface area contributed by atoms with Crippen LogP contribution in [0.15, 0.2) is 146 Å². The molecule has 71 heavy (non-hydrogen) atoms. The van der Waals surface area contributed by atoms with E-state index in [-0.39, 0.29) is 0 Å². The van der Waals surface area contributed by atoms with Gasteiger partial charge in [0.25, 0.3) is 0 Å². The summed E-state index contributed by atoms with van der Waals surface area (Å²) >= 11 is 12.9. The average molecular weight is 1120 g/mol. The number of H-pyrrole nitrogens is 2. The van der Waals surface area contributed by atoms with Crippen LogP contribution in [0, 0.1) is 0 Å². The molecule has 2 nitrogen and oxygen atoms in total. The minimum atomic E-state index is 0.449. The Bertz CT molecular complexity index is 2720. The fraction of sp³-hybridized carbons (Fsp3) is 0.322. The maximum absolute atomic E-state index is 3.73. The first-order valence-electron chi connectivity index (χ1n) is 24.8. The van der Waals surface area contributed by atoms with Crippen molar-refractivity contribution in [1.29, 1.82) is 0 Å². The smallest absolute Gasteiger partial charge is 0.0728 e. The van der Waals surface area contributed by atoms with Crippen LogP contribution in [0.1, 0.15) is 90.7 Å². The normalized spacial score (nSPS) is 14.0. The molecule has 368 valence electrons. The largest absolute Gasteiger partial charge is 0.358 e. The van der Waals surface area contributed by atoms with E-state index >= 15 is 0 Å². The molecule has 8 aromatic rings. The van der Waals surface area contributed by atoms with Gasteiger partial charge in [-0.2, -0.15) is 0 Å². The molecule has 0 spiro atoms. The maximum Gasteiger partial charge on any atom is 0.0728 e. The lowest BCUT2D eigenvalue weighted by Crippen LogP contribution is -2.07. The van der Waals surface area contributed by atoms with Crippen LogP contribution in [0.4, 0.5) is 0 Å². The molecule has 0 fully saturated rings. The summed E-state index contributed by atoms with van der Waals surface area (Å²) in [5.41, 5.74) is 19.6. The highest BCUT2D eigenvalue weighted by Gasteiger charge is 2.24. The monoisotopic (exact) mass is 1120 g/mol. The number of aromatic amines is 2. The van der Waals surface area contributed by atoms with Crippen molar-refractivity contribution < 1.29 is 0 Å². The molecule has 0 radical (unpaired) electrons. The van der Waals surface area contributed by atoms with Gasteiger partial charge in [-0.05, 0) is 123 Å².